The van der Waals surface area contributed by atoms with Crippen LogP contribution in [0, 0.1) is 6.92 Å². The van der Waals surface area contributed by atoms with E-state index in [1.54, 1.807) is 0 Å². The fraction of sp³-hybridized carbons (Fsp3) is 0.400. The van der Waals surface area contributed by atoms with Gasteiger partial charge in [-0.3, -0.25) is 0 Å². The molecule has 0 radical (unpaired) electrons. The number of epoxide rings is 1. The average molecular weight is 184 g/mol. The summed E-state index contributed by atoms with van der Waals surface area (Å²) in [4.78, 5) is 0. The van der Waals surface area contributed by atoms with Crippen LogP contribution in [0.2, 0.25) is 0 Å². The van der Waals surface area contributed by atoms with Gasteiger partial charge in [-0.15, -0.1) is 0 Å². The summed E-state index contributed by atoms with van der Waals surface area (Å²) in [7, 11) is 0. The molecule has 0 N–H and O–H groups in total. The summed E-state index contributed by atoms with van der Waals surface area (Å²) in [6.45, 7) is 2.48. The molecule has 1 aliphatic rings. The van der Waals surface area contributed by atoms with Gasteiger partial charge >= 0.3 is 0 Å². The van der Waals surface area contributed by atoms with Gasteiger partial charge in [0, 0.05) is 5.56 Å². The van der Waals surface area contributed by atoms with Crippen LogP contribution in [0.15, 0.2) is 18.2 Å². The SMILES string of the molecule is Cc1cc(C(F)F)cc(C2CO2)c1. The Kier molecular flexibility index (Phi) is 2.04. The standard InChI is InChI=1S/C10H10F2O/c1-6-2-7(9-5-13-9)4-8(3-6)10(11)12/h2-4,9-10H,5H2,1H3. The predicted molar refractivity (Wildman–Crippen MR) is 44.8 cm³/mol. The van der Waals surface area contributed by atoms with Crippen LogP contribution in [-0.4, -0.2) is 6.61 Å². The summed E-state index contributed by atoms with van der Waals surface area (Å²) >= 11 is 0. The van der Waals surface area contributed by atoms with Crippen LogP contribution in [0.25, 0.3) is 0 Å². The van der Waals surface area contributed by atoms with Crippen molar-refractivity contribution in [3.63, 3.8) is 0 Å². The molecule has 0 bridgehead atoms. The molecule has 0 saturated carbocycles. The van der Waals surface area contributed by atoms with Crippen molar-refractivity contribution in [3.05, 3.63) is 34.9 Å². The zero-order valence-electron chi connectivity index (χ0n) is 7.26. The van der Waals surface area contributed by atoms with Crippen LogP contribution < -0.4 is 0 Å². The lowest BCUT2D eigenvalue weighted by atomic mass is 10.0. The number of halogens is 2. The zero-order valence-corrected chi connectivity index (χ0v) is 7.26. The maximum Gasteiger partial charge on any atom is 0.263 e. The minimum atomic E-state index is -2.39. The fourth-order valence-electron chi connectivity index (χ4n) is 1.40. The number of rotatable bonds is 2. The van der Waals surface area contributed by atoms with Crippen molar-refractivity contribution >= 4 is 0 Å². The topological polar surface area (TPSA) is 12.5 Å². The summed E-state index contributed by atoms with van der Waals surface area (Å²) in [5.74, 6) is 0. The van der Waals surface area contributed by atoms with E-state index in [0.717, 1.165) is 11.1 Å². The Morgan fingerprint density at radius 1 is 1.38 bits per heavy atom. The molecule has 2 rings (SSSR count). The molecule has 1 aliphatic heterocycles. The molecular formula is C10H10F2O. The molecule has 1 aromatic carbocycles. The van der Waals surface area contributed by atoms with Gasteiger partial charge < -0.3 is 4.74 Å². The normalized spacial score (nSPS) is 20.8. The number of hydrogen-bond donors (Lipinski definition) is 0. The summed E-state index contributed by atoms with van der Waals surface area (Å²) < 4.78 is 29.8. The van der Waals surface area contributed by atoms with E-state index in [-0.39, 0.29) is 11.7 Å². The molecule has 13 heavy (non-hydrogen) atoms. The number of ether oxygens (including phenoxy) is 1. The number of aryl methyl sites for hydroxylation is 1. The molecule has 1 saturated heterocycles. The molecule has 0 aromatic heterocycles. The van der Waals surface area contributed by atoms with Gasteiger partial charge in [0.2, 0.25) is 0 Å². The first-order valence-electron chi connectivity index (χ1n) is 4.18. The Balaban J connectivity index is 2.36. The zero-order chi connectivity index (χ0) is 9.42. The van der Waals surface area contributed by atoms with E-state index < -0.39 is 6.43 Å². The maximum atomic E-state index is 12.4. The largest absolute Gasteiger partial charge is 0.368 e. The Morgan fingerprint density at radius 3 is 2.62 bits per heavy atom. The summed E-state index contributed by atoms with van der Waals surface area (Å²) in [5.41, 5.74) is 1.82. The first-order valence-corrected chi connectivity index (χ1v) is 4.18. The lowest BCUT2D eigenvalue weighted by molar-refractivity contribution is 0.151. The minimum absolute atomic E-state index is 0.0531. The third kappa shape index (κ3) is 1.86. The molecule has 3 heteroatoms. The third-order valence-corrected chi connectivity index (χ3v) is 2.08. The summed E-state index contributed by atoms with van der Waals surface area (Å²) in [6.07, 6.45) is -2.34. The van der Waals surface area contributed by atoms with Gasteiger partial charge in [0.25, 0.3) is 6.43 Å². The molecule has 1 atom stereocenters. The highest BCUT2D eigenvalue weighted by Crippen LogP contribution is 2.32. The Hall–Kier alpha value is -0.960. The van der Waals surface area contributed by atoms with Crippen LogP contribution in [0.1, 0.15) is 29.2 Å². The van der Waals surface area contributed by atoms with Gasteiger partial charge in [-0.1, -0.05) is 17.7 Å². The van der Waals surface area contributed by atoms with Crippen LogP contribution in [-0.2, 0) is 4.74 Å². The lowest BCUT2D eigenvalue weighted by Gasteiger charge is -2.04. The molecule has 1 fully saturated rings. The van der Waals surface area contributed by atoms with Crippen molar-refractivity contribution in [2.45, 2.75) is 19.5 Å². The van der Waals surface area contributed by atoms with E-state index in [9.17, 15) is 8.78 Å². The van der Waals surface area contributed by atoms with Crippen molar-refractivity contribution in [1.29, 1.82) is 0 Å². The minimum Gasteiger partial charge on any atom is -0.368 e. The number of hydrogen-bond acceptors (Lipinski definition) is 1. The second-order valence-corrected chi connectivity index (χ2v) is 3.30. The van der Waals surface area contributed by atoms with Gasteiger partial charge in [-0.2, -0.15) is 0 Å². The van der Waals surface area contributed by atoms with Crippen LogP contribution in [0.3, 0.4) is 0 Å². The van der Waals surface area contributed by atoms with Crippen LogP contribution in [0.5, 0.6) is 0 Å². The highest BCUT2D eigenvalue weighted by molar-refractivity contribution is 5.32. The van der Waals surface area contributed by atoms with Crippen molar-refractivity contribution in [1.82, 2.24) is 0 Å². The van der Waals surface area contributed by atoms with E-state index in [2.05, 4.69) is 0 Å². The number of benzene rings is 1. The molecule has 1 aromatic rings. The summed E-state index contributed by atoms with van der Waals surface area (Å²) in [6, 6.07) is 4.93. The molecule has 1 nitrogen and oxygen atoms in total. The van der Waals surface area contributed by atoms with Crippen molar-refractivity contribution < 1.29 is 13.5 Å². The van der Waals surface area contributed by atoms with Gasteiger partial charge in [-0.25, -0.2) is 8.78 Å². The van der Waals surface area contributed by atoms with Crippen LogP contribution in [0.4, 0.5) is 8.78 Å². The summed E-state index contributed by atoms with van der Waals surface area (Å²) in [5, 5.41) is 0. The molecular weight excluding hydrogens is 174 g/mol. The second-order valence-electron chi connectivity index (χ2n) is 3.30. The first kappa shape index (κ1) is 8.63. The van der Waals surface area contributed by atoms with Crippen molar-refractivity contribution in [3.8, 4) is 0 Å². The highest BCUT2D eigenvalue weighted by Gasteiger charge is 2.25. The quantitative estimate of drug-likeness (QED) is 0.643. The van der Waals surface area contributed by atoms with Crippen molar-refractivity contribution in [2.75, 3.05) is 6.61 Å². The van der Waals surface area contributed by atoms with Gasteiger partial charge in [-0.05, 0) is 18.6 Å². The third-order valence-electron chi connectivity index (χ3n) is 2.08. The van der Waals surface area contributed by atoms with Crippen LogP contribution >= 0.6 is 0 Å². The predicted octanol–water partition coefficient (Wildman–Crippen LogP) is 3.00. The smallest absolute Gasteiger partial charge is 0.263 e. The molecule has 0 aliphatic carbocycles. The highest BCUT2D eigenvalue weighted by atomic mass is 19.3. The van der Waals surface area contributed by atoms with Gasteiger partial charge in [0.15, 0.2) is 0 Å². The molecule has 70 valence electrons. The first-order chi connectivity index (χ1) is 6.16. The Bertz CT molecular complexity index is 298. The monoisotopic (exact) mass is 184 g/mol. The molecule has 1 heterocycles. The van der Waals surface area contributed by atoms with E-state index in [1.807, 2.05) is 13.0 Å². The second kappa shape index (κ2) is 3.07. The van der Waals surface area contributed by atoms with Gasteiger partial charge in [0.05, 0.1) is 6.61 Å². The lowest BCUT2D eigenvalue weighted by Crippen LogP contribution is -1.90. The number of alkyl halides is 2. The van der Waals surface area contributed by atoms with E-state index >= 15 is 0 Å². The molecule has 0 amide bonds. The Morgan fingerprint density at radius 2 is 2.08 bits per heavy atom. The maximum absolute atomic E-state index is 12.4. The van der Waals surface area contributed by atoms with Gasteiger partial charge in [0.1, 0.15) is 6.10 Å². The van der Waals surface area contributed by atoms with E-state index in [1.165, 1.54) is 12.1 Å². The average Bonchev–Trinajstić information content (AvgIpc) is 2.85. The van der Waals surface area contributed by atoms with E-state index in [4.69, 9.17) is 4.74 Å². The van der Waals surface area contributed by atoms with E-state index in [0.29, 0.717) is 6.61 Å². The fourth-order valence-corrected chi connectivity index (χ4v) is 1.40. The Labute approximate surface area is 75.3 Å². The molecule has 0 spiro atoms. The van der Waals surface area contributed by atoms with Crippen molar-refractivity contribution in [2.24, 2.45) is 0 Å². The molecule has 1 unspecified atom stereocenters.